The van der Waals surface area contributed by atoms with Crippen molar-refractivity contribution in [3.05, 3.63) is 53.0 Å². The van der Waals surface area contributed by atoms with Crippen LogP contribution < -0.4 is 10.5 Å². The van der Waals surface area contributed by atoms with Gasteiger partial charge in [-0.25, -0.2) is 23.7 Å². The summed E-state index contributed by atoms with van der Waals surface area (Å²) in [7, 11) is 1.80. The van der Waals surface area contributed by atoms with E-state index in [-0.39, 0.29) is 6.04 Å². The van der Waals surface area contributed by atoms with Gasteiger partial charge in [0, 0.05) is 13.6 Å². The van der Waals surface area contributed by atoms with Gasteiger partial charge in [0.1, 0.15) is 18.0 Å². The highest BCUT2D eigenvalue weighted by Crippen LogP contribution is 2.37. The van der Waals surface area contributed by atoms with E-state index >= 15 is 0 Å². The maximum atomic E-state index is 13.4. The number of hydrogen-bond acceptors (Lipinski definition) is 6. The number of aromatic nitrogens is 6. The number of rotatable bonds is 4. The van der Waals surface area contributed by atoms with Crippen LogP contribution in [-0.2, 0) is 13.6 Å². The van der Waals surface area contributed by atoms with Crippen LogP contribution in [0.1, 0.15) is 24.7 Å². The van der Waals surface area contributed by atoms with Gasteiger partial charge in [0.05, 0.1) is 35.1 Å². The predicted octanol–water partition coefficient (Wildman–Crippen LogP) is 2.68. The van der Waals surface area contributed by atoms with Crippen LogP contribution in [0.2, 0.25) is 0 Å². The Morgan fingerprint density at radius 3 is 2.87 bits per heavy atom. The topological polar surface area (TPSA) is 81.7 Å². The summed E-state index contributed by atoms with van der Waals surface area (Å²) >= 11 is 0. The number of fused-ring (bicyclic) bond motifs is 2. The minimum absolute atomic E-state index is 0.336. The third-order valence-electron chi connectivity index (χ3n) is 5.54. The van der Waals surface area contributed by atoms with Crippen molar-refractivity contribution in [3.8, 4) is 0 Å². The highest BCUT2D eigenvalue weighted by atomic mass is 19.3. The lowest BCUT2D eigenvalue weighted by Gasteiger charge is -2.27. The fraction of sp³-hybridized carbons (Fsp3) is 0.350. The van der Waals surface area contributed by atoms with E-state index in [1.54, 1.807) is 42.2 Å². The zero-order valence-electron chi connectivity index (χ0n) is 16.2. The number of anilines is 1. The first-order chi connectivity index (χ1) is 14.5. The molecule has 1 atom stereocenters. The van der Waals surface area contributed by atoms with Crippen molar-refractivity contribution in [2.24, 2.45) is 7.05 Å². The van der Waals surface area contributed by atoms with Crippen LogP contribution in [0.25, 0.3) is 21.9 Å². The minimum Gasteiger partial charge on any atom is -0.346 e. The van der Waals surface area contributed by atoms with Gasteiger partial charge >= 0.3 is 0 Å². The van der Waals surface area contributed by atoms with E-state index in [1.807, 2.05) is 4.90 Å². The van der Waals surface area contributed by atoms with Gasteiger partial charge in [-0.3, -0.25) is 14.0 Å². The summed E-state index contributed by atoms with van der Waals surface area (Å²) in [5.41, 5.74) is 0.739. The smallest absolute Gasteiger partial charge is 0.261 e. The summed E-state index contributed by atoms with van der Waals surface area (Å²) in [6, 6.07) is 6.49. The van der Waals surface area contributed by atoms with Crippen LogP contribution >= 0.6 is 0 Å². The third-order valence-corrected chi connectivity index (χ3v) is 5.54. The molecule has 0 amide bonds. The average Bonchev–Trinajstić information content (AvgIpc) is 3.37. The van der Waals surface area contributed by atoms with Gasteiger partial charge in [0.15, 0.2) is 5.65 Å². The van der Waals surface area contributed by atoms with Crippen LogP contribution in [0.5, 0.6) is 0 Å². The maximum absolute atomic E-state index is 13.4. The highest BCUT2D eigenvalue weighted by molar-refractivity contribution is 5.87. The normalized spacial score (nSPS) is 16.9. The van der Waals surface area contributed by atoms with Gasteiger partial charge in [-0.1, -0.05) is 12.1 Å². The van der Waals surface area contributed by atoms with E-state index in [9.17, 15) is 13.6 Å². The maximum Gasteiger partial charge on any atom is 0.261 e. The standard InChI is InChI=1S/C20H19F2N7O/c1-27-17-13(9-25-27)18(24-11-23-17)28-8-4-7-15(28)19-26-14-6-3-2-5-12(14)20(30)29(19)10-16(21)22/h2-3,5-6,9,11,15-16H,4,7-8,10H2,1H3. The highest BCUT2D eigenvalue weighted by Gasteiger charge is 2.33. The molecule has 1 aliphatic rings. The van der Waals surface area contributed by atoms with Gasteiger partial charge in [-0.15, -0.1) is 0 Å². The number of benzene rings is 1. The second-order valence-corrected chi connectivity index (χ2v) is 7.35. The lowest BCUT2D eigenvalue weighted by atomic mass is 10.1. The summed E-state index contributed by atoms with van der Waals surface area (Å²) < 4.78 is 29.5. The SMILES string of the molecule is Cn1ncc2c(N3CCCC3c3nc4ccccc4c(=O)n3CC(F)F)ncnc21. The molecule has 8 nitrogen and oxygen atoms in total. The number of para-hydroxylation sites is 1. The predicted molar refractivity (Wildman–Crippen MR) is 108 cm³/mol. The molecular weight excluding hydrogens is 392 g/mol. The van der Waals surface area contributed by atoms with Gasteiger partial charge in [-0.05, 0) is 25.0 Å². The second kappa shape index (κ2) is 7.12. The lowest BCUT2D eigenvalue weighted by Crippen LogP contribution is -2.34. The van der Waals surface area contributed by atoms with Crippen LogP contribution in [0.4, 0.5) is 14.6 Å². The van der Waals surface area contributed by atoms with E-state index in [0.29, 0.717) is 41.2 Å². The fourth-order valence-corrected chi connectivity index (χ4v) is 4.22. The molecule has 0 radical (unpaired) electrons. The third kappa shape index (κ3) is 2.90. The largest absolute Gasteiger partial charge is 0.346 e. The molecule has 154 valence electrons. The molecule has 0 aliphatic carbocycles. The van der Waals surface area contributed by atoms with E-state index in [1.165, 1.54) is 6.33 Å². The Hall–Kier alpha value is -3.43. The summed E-state index contributed by atoms with van der Waals surface area (Å²) in [5.74, 6) is 1.01. The van der Waals surface area contributed by atoms with Crippen LogP contribution in [-0.4, -0.2) is 42.3 Å². The van der Waals surface area contributed by atoms with E-state index in [0.717, 1.165) is 16.4 Å². The van der Waals surface area contributed by atoms with Crippen molar-refractivity contribution >= 4 is 27.8 Å². The number of hydrogen-bond donors (Lipinski definition) is 0. The molecule has 0 N–H and O–H groups in total. The minimum atomic E-state index is -2.66. The number of halogens is 2. The van der Waals surface area contributed by atoms with Gasteiger partial charge in [0.2, 0.25) is 0 Å². The Morgan fingerprint density at radius 1 is 1.20 bits per heavy atom. The number of nitrogens with zero attached hydrogens (tertiary/aromatic N) is 7. The number of aryl methyl sites for hydroxylation is 1. The molecular formula is C20H19F2N7O. The molecule has 1 unspecified atom stereocenters. The summed E-state index contributed by atoms with van der Waals surface area (Å²) in [6.07, 6.45) is 2.01. The van der Waals surface area contributed by atoms with E-state index < -0.39 is 18.5 Å². The van der Waals surface area contributed by atoms with Crippen molar-refractivity contribution in [2.75, 3.05) is 11.4 Å². The first kappa shape index (κ1) is 18.6. The molecule has 10 heteroatoms. The average molecular weight is 411 g/mol. The van der Waals surface area contributed by atoms with Gasteiger partial charge < -0.3 is 4.90 Å². The molecule has 0 spiro atoms. The monoisotopic (exact) mass is 411 g/mol. The molecule has 30 heavy (non-hydrogen) atoms. The molecule has 0 saturated carbocycles. The lowest BCUT2D eigenvalue weighted by molar-refractivity contribution is 0.123. The van der Waals surface area contributed by atoms with Gasteiger partial charge in [0.25, 0.3) is 12.0 Å². The molecule has 0 bridgehead atoms. The van der Waals surface area contributed by atoms with Crippen molar-refractivity contribution in [2.45, 2.75) is 31.9 Å². The Bertz CT molecular complexity index is 1300. The zero-order valence-corrected chi connectivity index (χ0v) is 16.2. The molecule has 4 aromatic rings. The van der Waals surface area contributed by atoms with Gasteiger partial charge in [-0.2, -0.15) is 5.10 Å². The summed E-state index contributed by atoms with van der Waals surface area (Å²) in [4.78, 5) is 28.4. The molecule has 1 saturated heterocycles. The first-order valence-electron chi connectivity index (χ1n) is 9.71. The quantitative estimate of drug-likeness (QED) is 0.514. The molecule has 1 fully saturated rings. The summed E-state index contributed by atoms with van der Waals surface area (Å²) in [5, 5.41) is 5.36. The zero-order chi connectivity index (χ0) is 20.8. The van der Waals surface area contributed by atoms with Crippen LogP contribution in [0.15, 0.2) is 41.6 Å². The van der Waals surface area contributed by atoms with Crippen molar-refractivity contribution in [1.29, 1.82) is 0 Å². The van der Waals surface area contributed by atoms with Crippen molar-refractivity contribution < 1.29 is 8.78 Å². The molecule has 3 aromatic heterocycles. The fourth-order valence-electron chi connectivity index (χ4n) is 4.22. The number of alkyl halides is 2. The van der Waals surface area contributed by atoms with Crippen molar-refractivity contribution in [1.82, 2.24) is 29.3 Å². The van der Waals surface area contributed by atoms with Crippen LogP contribution in [0, 0.1) is 0 Å². The molecule has 4 heterocycles. The Balaban J connectivity index is 1.69. The Kier molecular flexibility index (Phi) is 4.41. The Morgan fingerprint density at radius 2 is 2.03 bits per heavy atom. The molecule has 1 aromatic carbocycles. The molecule has 1 aliphatic heterocycles. The van der Waals surface area contributed by atoms with Crippen LogP contribution in [0.3, 0.4) is 0 Å². The summed E-state index contributed by atoms with van der Waals surface area (Å²) in [6.45, 7) is -0.0224. The Labute approximate surface area is 169 Å². The second-order valence-electron chi connectivity index (χ2n) is 7.35. The van der Waals surface area contributed by atoms with E-state index in [2.05, 4.69) is 20.1 Å². The first-order valence-corrected chi connectivity index (χ1v) is 9.71. The molecule has 5 rings (SSSR count). The van der Waals surface area contributed by atoms with E-state index in [4.69, 9.17) is 0 Å². The van der Waals surface area contributed by atoms with Crippen molar-refractivity contribution in [3.63, 3.8) is 0 Å².